The van der Waals surface area contributed by atoms with E-state index in [0.717, 1.165) is 35.8 Å². The minimum atomic E-state index is -0.107. The van der Waals surface area contributed by atoms with E-state index in [2.05, 4.69) is 67.7 Å². The lowest BCUT2D eigenvalue weighted by Gasteiger charge is -2.23. The summed E-state index contributed by atoms with van der Waals surface area (Å²) < 4.78 is 6.30. The number of carbonyl (C=O) groups excluding carboxylic acids is 1. The second-order valence-electron chi connectivity index (χ2n) is 12.2. The maximum absolute atomic E-state index is 13.2. The maximum Gasteiger partial charge on any atom is 0.255 e. The number of anilines is 1. The van der Waals surface area contributed by atoms with E-state index in [0.29, 0.717) is 12.2 Å². The van der Waals surface area contributed by atoms with Gasteiger partial charge in [0.1, 0.15) is 5.75 Å². The summed E-state index contributed by atoms with van der Waals surface area (Å²) in [5.41, 5.74) is 3.71. The van der Waals surface area contributed by atoms with E-state index in [4.69, 9.17) is 4.74 Å². The fourth-order valence-electron chi connectivity index (χ4n) is 5.12. The number of ether oxygens (including phenoxy) is 1. The van der Waals surface area contributed by atoms with E-state index in [1.54, 1.807) is 11.8 Å². The number of hydrogen-bond acceptors (Lipinski definition) is 4. The van der Waals surface area contributed by atoms with Crippen LogP contribution in [0.4, 0.5) is 5.69 Å². The zero-order valence-electron chi connectivity index (χ0n) is 25.9. The van der Waals surface area contributed by atoms with Gasteiger partial charge in [-0.05, 0) is 52.6 Å². The molecule has 1 N–H and O–H groups in total. The highest BCUT2D eigenvalue weighted by Gasteiger charge is 2.21. The maximum atomic E-state index is 13.2. The van der Waals surface area contributed by atoms with Crippen molar-refractivity contribution >= 4 is 40.3 Å². The van der Waals surface area contributed by atoms with E-state index in [1.165, 1.54) is 76.2 Å². The summed E-state index contributed by atoms with van der Waals surface area (Å²) in [5, 5.41) is 5.21. The summed E-state index contributed by atoms with van der Waals surface area (Å²) in [7, 11) is 0. The van der Waals surface area contributed by atoms with Gasteiger partial charge in [-0.3, -0.25) is 4.79 Å². The van der Waals surface area contributed by atoms with Crippen LogP contribution in [-0.4, -0.2) is 23.3 Å². The molecule has 41 heavy (non-hydrogen) atoms. The molecular weight excluding hydrogens is 592 g/mol. The molecule has 0 atom stereocenters. The van der Waals surface area contributed by atoms with E-state index in [1.807, 2.05) is 24.3 Å². The molecule has 3 rings (SSSR count). The van der Waals surface area contributed by atoms with Crippen LogP contribution < -0.4 is 10.1 Å². The molecule has 0 saturated carbocycles. The molecular formula is C35H53BrN2O2S. The topological polar surface area (TPSA) is 41.6 Å². The SMILES string of the molecule is Br.CCCCCCCCCCCCCCOc1cc(C(=O)Nc2cccc(CN3C=CSC3)c2)ccc1C(C)(C)C. The van der Waals surface area contributed by atoms with Crippen LogP contribution >= 0.6 is 28.7 Å². The zero-order valence-corrected chi connectivity index (χ0v) is 28.4. The molecule has 0 bridgehead atoms. The van der Waals surface area contributed by atoms with Crippen molar-refractivity contribution in [3.05, 3.63) is 70.8 Å². The molecule has 1 aliphatic rings. The van der Waals surface area contributed by atoms with Crippen LogP contribution in [0.15, 0.2) is 54.1 Å². The first-order valence-corrected chi connectivity index (χ1v) is 16.6. The van der Waals surface area contributed by atoms with Gasteiger partial charge in [-0.25, -0.2) is 0 Å². The molecule has 0 aromatic heterocycles. The van der Waals surface area contributed by atoms with Gasteiger partial charge in [0.15, 0.2) is 0 Å². The van der Waals surface area contributed by atoms with Gasteiger partial charge in [-0.1, -0.05) is 117 Å². The van der Waals surface area contributed by atoms with Crippen molar-refractivity contribution < 1.29 is 9.53 Å². The Morgan fingerprint density at radius 1 is 0.902 bits per heavy atom. The van der Waals surface area contributed by atoms with E-state index in [9.17, 15) is 4.79 Å². The quantitative estimate of drug-likeness (QED) is 0.164. The van der Waals surface area contributed by atoms with Crippen LogP contribution in [0, 0.1) is 0 Å². The predicted molar refractivity (Wildman–Crippen MR) is 184 cm³/mol. The number of nitrogens with zero attached hydrogens (tertiary/aromatic N) is 1. The lowest BCUT2D eigenvalue weighted by molar-refractivity contribution is 0.102. The van der Waals surface area contributed by atoms with Crippen LogP contribution in [0.25, 0.3) is 0 Å². The normalized spacial score (nSPS) is 12.8. The van der Waals surface area contributed by atoms with Gasteiger partial charge in [0.2, 0.25) is 0 Å². The number of halogens is 1. The zero-order chi connectivity index (χ0) is 28.6. The molecule has 0 unspecified atom stereocenters. The first-order chi connectivity index (χ1) is 19.4. The molecule has 6 heteroatoms. The highest BCUT2D eigenvalue weighted by atomic mass is 79.9. The van der Waals surface area contributed by atoms with Gasteiger partial charge in [-0.2, -0.15) is 0 Å². The third kappa shape index (κ3) is 13.3. The fourth-order valence-corrected chi connectivity index (χ4v) is 5.84. The number of nitrogens with one attached hydrogen (secondary N) is 1. The standard InChI is InChI=1S/C35H52N2O2S.BrH/c1-5-6-7-8-9-10-11-12-13-14-15-16-23-39-33-26-30(20-21-32(33)35(2,3)4)34(38)36-31-19-17-18-29(25-31)27-37-22-24-40-28-37;/h17-22,24-26H,5-16,23,27-28H2,1-4H3,(H,36,38);1H. The Morgan fingerprint density at radius 2 is 1.56 bits per heavy atom. The van der Waals surface area contributed by atoms with Crippen molar-refractivity contribution in [3.63, 3.8) is 0 Å². The largest absolute Gasteiger partial charge is 0.493 e. The van der Waals surface area contributed by atoms with Gasteiger partial charge in [0, 0.05) is 24.0 Å². The Bertz CT molecular complexity index is 1070. The number of amides is 1. The van der Waals surface area contributed by atoms with Crippen LogP contribution in [0.5, 0.6) is 5.75 Å². The van der Waals surface area contributed by atoms with E-state index in [-0.39, 0.29) is 28.3 Å². The molecule has 228 valence electrons. The lowest BCUT2D eigenvalue weighted by atomic mass is 9.85. The van der Waals surface area contributed by atoms with Gasteiger partial charge >= 0.3 is 0 Å². The Morgan fingerprint density at radius 3 is 2.17 bits per heavy atom. The third-order valence-electron chi connectivity index (χ3n) is 7.49. The number of carbonyl (C=O) groups is 1. The molecule has 0 spiro atoms. The van der Waals surface area contributed by atoms with Gasteiger partial charge in [-0.15, -0.1) is 28.7 Å². The second kappa shape index (κ2) is 19.3. The molecule has 1 amide bonds. The van der Waals surface area contributed by atoms with Crippen LogP contribution in [-0.2, 0) is 12.0 Å². The summed E-state index contributed by atoms with van der Waals surface area (Å²) >= 11 is 1.80. The van der Waals surface area contributed by atoms with Crippen molar-refractivity contribution in [2.75, 3.05) is 17.8 Å². The van der Waals surface area contributed by atoms with E-state index >= 15 is 0 Å². The Balaban J connectivity index is 0.00000588. The summed E-state index contributed by atoms with van der Waals surface area (Å²) in [4.78, 5) is 15.4. The monoisotopic (exact) mass is 644 g/mol. The lowest BCUT2D eigenvalue weighted by Crippen LogP contribution is -2.17. The van der Waals surface area contributed by atoms with Crippen LogP contribution in [0.2, 0.25) is 0 Å². The summed E-state index contributed by atoms with van der Waals surface area (Å²) in [6, 6.07) is 14.0. The number of benzene rings is 2. The van der Waals surface area contributed by atoms with Crippen molar-refractivity contribution in [3.8, 4) is 5.75 Å². The molecule has 1 aliphatic heterocycles. The van der Waals surface area contributed by atoms with Crippen molar-refractivity contribution in [1.29, 1.82) is 0 Å². The van der Waals surface area contributed by atoms with Crippen molar-refractivity contribution in [2.45, 2.75) is 117 Å². The average Bonchev–Trinajstić information content (AvgIpc) is 3.44. The number of unbranched alkanes of at least 4 members (excludes halogenated alkanes) is 11. The number of thioether (sulfide) groups is 1. The minimum absolute atomic E-state index is 0. The fraction of sp³-hybridized carbons (Fsp3) is 0.571. The van der Waals surface area contributed by atoms with Crippen molar-refractivity contribution in [1.82, 2.24) is 4.90 Å². The first kappa shape index (κ1) is 35.3. The van der Waals surface area contributed by atoms with Gasteiger partial charge in [0.05, 0.1) is 12.5 Å². The molecule has 0 radical (unpaired) electrons. The number of rotatable bonds is 18. The number of hydrogen-bond donors (Lipinski definition) is 1. The predicted octanol–water partition coefficient (Wildman–Crippen LogP) is 10.9. The molecule has 4 nitrogen and oxygen atoms in total. The summed E-state index contributed by atoms with van der Waals surface area (Å²) in [6.07, 6.45) is 18.0. The Hall–Kier alpha value is -1.92. The molecule has 2 aromatic rings. The smallest absolute Gasteiger partial charge is 0.255 e. The molecule has 0 fully saturated rings. The van der Waals surface area contributed by atoms with E-state index < -0.39 is 0 Å². The summed E-state index contributed by atoms with van der Waals surface area (Å²) in [6.45, 7) is 10.4. The Kier molecular flexibility index (Phi) is 16.6. The van der Waals surface area contributed by atoms with Gasteiger partial charge in [0.25, 0.3) is 5.91 Å². The molecule has 0 saturated heterocycles. The van der Waals surface area contributed by atoms with Crippen molar-refractivity contribution in [2.24, 2.45) is 0 Å². The third-order valence-corrected chi connectivity index (χ3v) is 8.28. The second-order valence-corrected chi connectivity index (χ2v) is 13.0. The highest BCUT2D eigenvalue weighted by molar-refractivity contribution is 8.93. The minimum Gasteiger partial charge on any atom is -0.493 e. The average molecular weight is 646 g/mol. The summed E-state index contributed by atoms with van der Waals surface area (Å²) in [5.74, 6) is 1.69. The van der Waals surface area contributed by atoms with Gasteiger partial charge < -0.3 is 15.0 Å². The molecule has 1 heterocycles. The molecule has 0 aliphatic carbocycles. The highest BCUT2D eigenvalue weighted by Crippen LogP contribution is 2.33. The first-order valence-electron chi connectivity index (χ1n) is 15.6. The molecule has 2 aromatic carbocycles. The Labute approximate surface area is 264 Å². The van der Waals surface area contributed by atoms with Crippen LogP contribution in [0.1, 0.15) is 126 Å². The van der Waals surface area contributed by atoms with Crippen LogP contribution in [0.3, 0.4) is 0 Å².